The first-order valence-electron chi connectivity index (χ1n) is 7.28. The molecule has 1 fully saturated rings. The molecule has 0 aliphatic carbocycles. The van der Waals surface area contributed by atoms with Crippen molar-refractivity contribution in [1.29, 1.82) is 0 Å². The van der Waals surface area contributed by atoms with Crippen LogP contribution in [0, 0.1) is 13.8 Å². The molecular weight excluding hydrogens is 236 g/mol. The number of rotatable bonds is 3. The molecule has 1 amide bonds. The van der Waals surface area contributed by atoms with Gasteiger partial charge in [0.05, 0.1) is 12.6 Å². The monoisotopic (exact) mass is 261 g/mol. The van der Waals surface area contributed by atoms with Crippen molar-refractivity contribution in [2.24, 2.45) is 0 Å². The smallest absolute Gasteiger partial charge is 0.279 e. The molecule has 3 nitrogen and oxygen atoms in total. The van der Waals surface area contributed by atoms with Crippen LogP contribution in [-0.4, -0.2) is 25.0 Å². The molecule has 0 saturated carbocycles. The first kappa shape index (κ1) is 14.1. The summed E-state index contributed by atoms with van der Waals surface area (Å²) in [6.45, 7) is 8.05. The van der Waals surface area contributed by atoms with Gasteiger partial charge >= 0.3 is 0 Å². The summed E-state index contributed by atoms with van der Waals surface area (Å²) in [5.41, 5.74) is 3.25. The van der Waals surface area contributed by atoms with E-state index in [1.807, 2.05) is 32.0 Å². The van der Waals surface area contributed by atoms with E-state index in [0.717, 1.165) is 23.4 Å². The van der Waals surface area contributed by atoms with Crippen molar-refractivity contribution in [3.05, 3.63) is 29.3 Å². The van der Waals surface area contributed by atoms with Gasteiger partial charge in [-0.05, 0) is 51.2 Å². The largest absolute Gasteiger partial charge is 0.325 e. The van der Waals surface area contributed by atoms with Gasteiger partial charge in [-0.3, -0.25) is 4.79 Å². The van der Waals surface area contributed by atoms with E-state index in [1.165, 1.54) is 24.2 Å². The molecule has 1 saturated heterocycles. The SMILES string of the molecule is Cc1cccc(C)c1NC(=O)C[NH+]1CCCC[C@H]1C. The van der Waals surface area contributed by atoms with Crippen LogP contribution < -0.4 is 10.2 Å². The molecule has 19 heavy (non-hydrogen) atoms. The number of hydrogen-bond donors (Lipinski definition) is 2. The first-order valence-corrected chi connectivity index (χ1v) is 7.28. The van der Waals surface area contributed by atoms with Gasteiger partial charge in [0.1, 0.15) is 0 Å². The first-order chi connectivity index (χ1) is 9.08. The molecule has 1 aromatic carbocycles. The Bertz CT molecular complexity index is 436. The second-order valence-corrected chi connectivity index (χ2v) is 5.80. The van der Waals surface area contributed by atoms with Crippen LogP contribution in [0.1, 0.15) is 37.3 Å². The molecule has 2 rings (SSSR count). The minimum Gasteiger partial charge on any atom is -0.325 e. The number of carbonyl (C=O) groups excluding carboxylic acids is 1. The number of quaternary nitrogens is 1. The molecule has 1 aromatic rings. The summed E-state index contributed by atoms with van der Waals surface area (Å²) < 4.78 is 0. The van der Waals surface area contributed by atoms with Gasteiger partial charge in [-0.15, -0.1) is 0 Å². The van der Waals surface area contributed by atoms with Crippen LogP contribution in [0.2, 0.25) is 0 Å². The number of benzene rings is 1. The number of amides is 1. The van der Waals surface area contributed by atoms with E-state index in [1.54, 1.807) is 0 Å². The topological polar surface area (TPSA) is 33.5 Å². The van der Waals surface area contributed by atoms with Crippen LogP contribution in [0.25, 0.3) is 0 Å². The molecule has 1 unspecified atom stereocenters. The van der Waals surface area contributed by atoms with Crippen molar-refractivity contribution in [2.45, 2.75) is 46.1 Å². The summed E-state index contributed by atoms with van der Waals surface area (Å²) in [5, 5.41) is 3.09. The molecule has 0 radical (unpaired) electrons. The van der Waals surface area contributed by atoms with Crippen LogP contribution >= 0.6 is 0 Å². The Kier molecular flexibility index (Phi) is 4.59. The highest BCUT2D eigenvalue weighted by Crippen LogP contribution is 2.18. The molecule has 0 aromatic heterocycles. The number of aryl methyl sites for hydroxylation is 2. The summed E-state index contributed by atoms with van der Waals surface area (Å²) in [4.78, 5) is 13.6. The van der Waals surface area contributed by atoms with E-state index >= 15 is 0 Å². The second-order valence-electron chi connectivity index (χ2n) is 5.80. The van der Waals surface area contributed by atoms with Gasteiger partial charge in [0.15, 0.2) is 6.54 Å². The van der Waals surface area contributed by atoms with Gasteiger partial charge in [0, 0.05) is 5.69 Å². The van der Waals surface area contributed by atoms with Crippen LogP contribution in [-0.2, 0) is 4.79 Å². The minimum absolute atomic E-state index is 0.140. The molecule has 1 aliphatic heterocycles. The summed E-state index contributed by atoms with van der Waals surface area (Å²) in [7, 11) is 0. The Balaban J connectivity index is 1.97. The summed E-state index contributed by atoms with van der Waals surface area (Å²) >= 11 is 0. The van der Waals surface area contributed by atoms with Crippen LogP contribution in [0.3, 0.4) is 0 Å². The molecule has 2 atom stereocenters. The minimum atomic E-state index is 0.140. The molecule has 2 N–H and O–H groups in total. The molecule has 0 bridgehead atoms. The lowest BCUT2D eigenvalue weighted by Crippen LogP contribution is -3.17. The average Bonchev–Trinajstić information content (AvgIpc) is 2.37. The lowest BCUT2D eigenvalue weighted by molar-refractivity contribution is -0.920. The zero-order valence-corrected chi connectivity index (χ0v) is 12.3. The van der Waals surface area contributed by atoms with Crippen molar-refractivity contribution < 1.29 is 9.69 Å². The van der Waals surface area contributed by atoms with E-state index in [-0.39, 0.29) is 5.91 Å². The fraction of sp³-hybridized carbons (Fsp3) is 0.562. The Morgan fingerprint density at radius 3 is 2.63 bits per heavy atom. The van der Waals surface area contributed by atoms with Crippen molar-refractivity contribution in [2.75, 3.05) is 18.4 Å². The van der Waals surface area contributed by atoms with E-state index in [4.69, 9.17) is 0 Å². The summed E-state index contributed by atoms with van der Waals surface area (Å²) in [5.74, 6) is 0.140. The molecule has 104 valence electrons. The number of hydrogen-bond acceptors (Lipinski definition) is 1. The predicted octanol–water partition coefficient (Wildman–Crippen LogP) is 1.70. The third-order valence-corrected chi connectivity index (χ3v) is 4.22. The van der Waals surface area contributed by atoms with E-state index < -0.39 is 0 Å². The fourth-order valence-corrected chi connectivity index (χ4v) is 2.92. The third-order valence-electron chi connectivity index (χ3n) is 4.22. The van der Waals surface area contributed by atoms with Gasteiger partial charge in [-0.1, -0.05) is 18.2 Å². The maximum atomic E-state index is 12.2. The second kappa shape index (κ2) is 6.20. The van der Waals surface area contributed by atoms with E-state index in [2.05, 4.69) is 12.2 Å². The molecular formula is C16H25N2O+. The Morgan fingerprint density at radius 1 is 1.32 bits per heavy atom. The summed E-state index contributed by atoms with van der Waals surface area (Å²) in [6.07, 6.45) is 3.80. The molecule has 1 aliphatic rings. The maximum Gasteiger partial charge on any atom is 0.279 e. The lowest BCUT2D eigenvalue weighted by atomic mass is 10.0. The standard InChI is InChI=1S/C16H24N2O/c1-12-7-6-8-13(2)16(12)17-15(19)11-18-10-5-4-9-14(18)3/h6-8,14H,4-5,9-11H2,1-3H3,(H,17,19)/p+1/t14-/m1/s1. The molecule has 1 heterocycles. The van der Waals surface area contributed by atoms with Gasteiger partial charge in [0.25, 0.3) is 5.91 Å². The quantitative estimate of drug-likeness (QED) is 0.853. The predicted molar refractivity (Wildman–Crippen MR) is 78.6 cm³/mol. The van der Waals surface area contributed by atoms with E-state index in [9.17, 15) is 4.79 Å². The fourth-order valence-electron chi connectivity index (χ4n) is 2.92. The number of likely N-dealkylation sites (tertiary alicyclic amines) is 1. The molecule has 3 heteroatoms. The van der Waals surface area contributed by atoms with Gasteiger partial charge in [0.2, 0.25) is 0 Å². The van der Waals surface area contributed by atoms with Gasteiger partial charge < -0.3 is 10.2 Å². The Labute approximate surface area is 116 Å². The summed E-state index contributed by atoms with van der Waals surface area (Å²) in [6, 6.07) is 6.72. The number of piperidine rings is 1. The van der Waals surface area contributed by atoms with Crippen molar-refractivity contribution in [1.82, 2.24) is 0 Å². The highest BCUT2D eigenvalue weighted by molar-refractivity contribution is 5.93. The van der Waals surface area contributed by atoms with Crippen molar-refractivity contribution in [3.8, 4) is 0 Å². The van der Waals surface area contributed by atoms with Crippen LogP contribution in [0.15, 0.2) is 18.2 Å². The highest BCUT2D eigenvalue weighted by Gasteiger charge is 2.24. The zero-order chi connectivity index (χ0) is 13.8. The maximum absolute atomic E-state index is 12.2. The van der Waals surface area contributed by atoms with Crippen molar-refractivity contribution >= 4 is 11.6 Å². The lowest BCUT2D eigenvalue weighted by Gasteiger charge is -2.29. The number of carbonyl (C=O) groups is 1. The third kappa shape index (κ3) is 3.57. The molecule has 0 spiro atoms. The normalized spacial score (nSPS) is 23.1. The van der Waals surface area contributed by atoms with Gasteiger partial charge in [-0.2, -0.15) is 0 Å². The number of nitrogens with one attached hydrogen (secondary N) is 2. The van der Waals surface area contributed by atoms with Crippen LogP contribution in [0.5, 0.6) is 0 Å². The van der Waals surface area contributed by atoms with Crippen molar-refractivity contribution in [3.63, 3.8) is 0 Å². The highest BCUT2D eigenvalue weighted by atomic mass is 16.2. The Morgan fingerprint density at radius 2 is 2.00 bits per heavy atom. The average molecular weight is 261 g/mol. The van der Waals surface area contributed by atoms with Crippen LogP contribution in [0.4, 0.5) is 5.69 Å². The number of anilines is 1. The zero-order valence-electron chi connectivity index (χ0n) is 12.3. The number of para-hydroxylation sites is 1. The Hall–Kier alpha value is -1.35. The van der Waals surface area contributed by atoms with Gasteiger partial charge in [-0.25, -0.2) is 0 Å². The van der Waals surface area contributed by atoms with E-state index in [0.29, 0.717) is 12.6 Å².